The largest absolute Gasteiger partial charge is 0.343 e. The zero-order valence-electron chi connectivity index (χ0n) is 7.65. The molecule has 0 heterocycles. The Bertz CT molecular complexity index is 396. The summed E-state index contributed by atoms with van der Waals surface area (Å²) >= 11 is 0. The van der Waals surface area contributed by atoms with Crippen molar-refractivity contribution in [2.45, 2.75) is 6.92 Å². The Morgan fingerprint density at radius 2 is 2.14 bits per heavy atom. The summed E-state index contributed by atoms with van der Waals surface area (Å²) in [5.74, 6) is -0.0723. The fourth-order valence-electron chi connectivity index (χ4n) is 1.05. The second kappa shape index (κ2) is 3.73. The maximum absolute atomic E-state index is 10.6. The van der Waals surface area contributed by atoms with E-state index in [1.807, 2.05) is 0 Å². The van der Waals surface area contributed by atoms with Crippen LogP contribution in [0.2, 0.25) is 0 Å². The van der Waals surface area contributed by atoms with Gasteiger partial charge in [-0.05, 0) is 18.6 Å². The summed E-state index contributed by atoms with van der Waals surface area (Å²) in [6, 6.07) is 4.75. The van der Waals surface area contributed by atoms with Crippen molar-refractivity contribution in [2.75, 3.05) is 0 Å². The fraction of sp³-hybridized carbons (Fsp3) is 0.125. The van der Waals surface area contributed by atoms with Crippen LogP contribution in [0.5, 0.6) is 0 Å². The number of nitrogens with two attached hydrogens (primary N) is 2. The highest BCUT2D eigenvalue weighted by Crippen LogP contribution is 2.20. The molecule has 0 bridgehead atoms. The molecular weight excluding hydrogens is 184 g/mol. The van der Waals surface area contributed by atoms with E-state index in [1.54, 1.807) is 19.1 Å². The second-order valence-corrected chi connectivity index (χ2v) is 2.86. The predicted molar refractivity (Wildman–Crippen MR) is 51.8 cm³/mol. The van der Waals surface area contributed by atoms with Crippen molar-refractivity contribution in [3.8, 4) is 0 Å². The molecular formula is C8H11N4O2+. The molecule has 0 saturated heterocycles. The normalized spacial score (nSPS) is 9.50. The van der Waals surface area contributed by atoms with Gasteiger partial charge in [0.25, 0.3) is 0 Å². The van der Waals surface area contributed by atoms with E-state index in [-0.39, 0.29) is 11.6 Å². The van der Waals surface area contributed by atoms with Gasteiger partial charge in [0.15, 0.2) is 5.69 Å². The second-order valence-electron chi connectivity index (χ2n) is 2.86. The van der Waals surface area contributed by atoms with Crippen LogP contribution in [-0.2, 0) is 0 Å². The molecule has 6 nitrogen and oxygen atoms in total. The molecule has 6 heteroatoms. The number of benzene rings is 1. The van der Waals surface area contributed by atoms with E-state index < -0.39 is 4.92 Å². The Morgan fingerprint density at radius 3 is 2.64 bits per heavy atom. The molecule has 0 aliphatic rings. The molecule has 5 N–H and O–H groups in total. The minimum absolute atomic E-state index is 0.0431. The summed E-state index contributed by atoms with van der Waals surface area (Å²) in [6.07, 6.45) is 0. The van der Waals surface area contributed by atoms with Gasteiger partial charge in [-0.1, -0.05) is 6.07 Å². The van der Waals surface area contributed by atoms with Gasteiger partial charge < -0.3 is 0 Å². The van der Waals surface area contributed by atoms with Crippen molar-refractivity contribution in [2.24, 2.45) is 11.5 Å². The molecule has 1 rings (SSSR count). The molecule has 74 valence electrons. The van der Waals surface area contributed by atoms with Gasteiger partial charge >= 0.3 is 11.6 Å². The number of nitrogens with zero attached hydrogens (tertiary/aromatic N) is 1. The van der Waals surface area contributed by atoms with Crippen LogP contribution >= 0.6 is 0 Å². The maximum atomic E-state index is 10.6. The van der Waals surface area contributed by atoms with E-state index in [2.05, 4.69) is 4.99 Å². The van der Waals surface area contributed by atoms with Gasteiger partial charge in [0.2, 0.25) is 0 Å². The first-order valence-electron chi connectivity index (χ1n) is 3.90. The molecule has 0 aliphatic carbocycles. The van der Waals surface area contributed by atoms with E-state index >= 15 is 0 Å². The Morgan fingerprint density at radius 1 is 1.50 bits per heavy atom. The topological polar surface area (TPSA) is 109 Å². The predicted octanol–water partition coefficient (Wildman–Crippen LogP) is -1.11. The molecule has 1 aromatic carbocycles. The average molecular weight is 195 g/mol. The Hall–Kier alpha value is -2.11. The maximum Gasteiger partial charge on any atom is 0.343 e. The van der Waals surface area contributed by atoms with E-state index in [9.17, 15) is 10.1 Å². The van der Waals surface area contributed by atoms with Crippen molar-refractivity contribution < 1.29 is 9.92 Å². The lowest BCUT2D eigenvalue weighted by Crippen LogP contribution is -2.72. The molecule has 0 atom stereocenters. The quantitative estimate of drug-likeness (QED) is 0.240. The standard InChI is InChI=1S/C8H10N4O2/c1-5-2-3-6(11-8(9)10)7(4-5)12(13)14/h2-4H,1H3,(H4,9,10,11)/p+1. The summed E-state index contributed by atoms with van der Waals surface area (Å²) in [5, 5.41) is 10.6. The van der Waals surface area contributed by atoms with Crippen molar-refractivity contribution in [3.05, 3.63) is 33.9 Å². The van der Waals surface area contributed by atoms with Crippen LogP contribution in [0.4, 0.5) is 11.4 Å². The van der Waals surface area contributed by atoms with E-state index in [0.29, 0.717) is 5.69 Å². The Labute approximate surface area is 80.4 Å². The SMILES string of the molecule is Cc1ccc([NH+]=C(N)N)c([N+](=O)[O-])c1. The van der Waals surface area contributed by atoms with Gasteiger partial charge in [-0.15, -0.1) is 0 Å². The minimum atomic E-state index is -0.488. The number of rotatable bonds is 2. The highest BCUT2D eigenvalue weighted by atomic mass is 16.6. The summed E-state index contributed by atoms with van der Waals surface area (Å²) in [7, 11) is 0. The summed E-state index contributed by atoms with van der Waals surface area (Å²) < 4.78 is 0. The van der Waals surface area contributed by atoms with Crippen molar-refractivity contribution in [1.82, 2.24) is 0 Å². The van der Waals surface area contributed by atoms with E-state index in [4.69, 9.17) is 11.5 Å². The zero-order chi connectivity index (χ0) is 10.7. The first-order valence-corrected chi connectivity index (χ1v) is 3.90. The van der Waals surface area contributed by atoms with Gasteiger partial charge in [0.05, 0.1) is 4.92 Å². The monoisotopic (exact) mass is 195 g/mol. The van der Waals surface area contributed by atoms with E-state index in [0.717, 1.165) is 5.56 Å². The summed E-state index contributed by atoms with van der Waals surface area (Å²) in [4.78, 5) is 12.7. The van der Waals surface area contributed by atoms with Gasteiger partial charge in [0, 0.05) is 6.07 Å². The van der Waals surface area contributed by atoms with E-state index in [1.165, 1.54) is 6.07 Å². The molecule has 1 aromatic rings. The van der Waals surface area contributed by atoms with Crippen LogP contribution in [0.25, 0.3) is 0 Å². The summed E-state index contributed by atoms with van der Waals surface area (Å²) in [5.41, 5.74) is 11.4. The third-order valence-electron chi connectivity index (χ3n) is 1.63. The zero-order valence-corrected chi connectivity index (χ0v) is 7.65. The van der Waals surface area contributed by atoms with Crippen molar-refractivity contribution in [3.63, 3.8) is 0 Å². The van der Waals surface area contributed by atoms with Crippen LogP contribution in [0.1, 0.15) is 5.56 Å². The molecule has 0 unspecified atom stereocenters. The van der Waals surface area contributed by atoms with Gasteiger partial charge in [-0.2, -0.15) is 0 Å². The number of hydrogen-bond donors (Lipinski definition) is 3. The lowest BCUT2D eigenvalue weighted by atomic mass is 10.2. The van der Waals surface area contributed by atoms with Crippen molar-refractivity contribution in [1.29, 1.82) is 0 Å². The average Bonchev–Trinajstić information content (AvgIpc) is 2.07. The van der Waals surface area contributed by atoms with Crippen LogP contribution in [-0.4, -0.2) is 10.9 Å². The molecule has 0 amide bonds. The van der Waals surface area contributed by atoms with Gasteiger partial charge in [-0.25, -0.2) is 4.99 Å². The highest BCUT2D eigenvalue weighted by Gasteiger charge is 2.14. The fourth-order valence-corrected chi connectivity index (χ4v) is 1.05. The lowest BCUT2D eigenvalue weighted by molar-refractivity contribution is -0.412. The summed E-state index contributed by atoms with van der Waals surface area (Å²) in [6.45, 7) is 1.77. The number of nitro groups is 1. The number of aryl methyl sites for hydroxylation is 1. The number of nitrogens with one attached hydrogen (secondary N) is 1. The molecule has 14 heavy (non-hydrogen) atoms. The molecule has 0 aromatic heterocycles. The first kappa shape index (κ1) is 9.97. The van der Waals surface area contributed by atoms with Crippen LogP contribution in [0, 0.1) is 17.0 Å². The van der Waals surface area contributed by atoms with Crippen LogP contribution in [0.15, 0.2) is 18.2 Å². The molecule has 0 spiro atoms. The molecule has 0 aliphatic heterocycles. The number of hydrogen-bond acceptors (Lipinski definition) is 2. The lowest BCUT2D eigenvalue weighted by Gasteiger charge is -1.97. The number of guanidine groups is 1. The third-order valence-corrected chi connectivity index (χ3v) is 1.63. The van der Waals surface area contributed by atoms with Crippen molar-refractivity contribution >= 4 is 17.3 Å². The van der Waals surface area contributed by atoms with Gasteiger partial charge in [-0.3, -0.25) is 21.6 Å². The highest BCUT2D eigenvalue weighted by molar-refractivity contribution is 5.71. The third kappa shape index (κ3) is 2.19. The molecule has 0 radical (unpaired) electrons. The Balaban J connectivity index is 3.29. The molecule has 0 fully saturated rings. The van der Waals surface area contributed by atoms with Crippen LogP contribution in [0.3, 0.4) is 0 Å². The number of nitro benzene ring substituents is 1. The minimum Gasteiger partial charge on any atom is -0.291 e. The Kier molecular flexibility index (Phi) is 2.66. The first-order chi connectivity index (χ1) is 6.50. The molecule has 0 saturated carbocycles. The van der Waals surface area contributed by atoms with Crippen LogP contribution < -0.4 is 16.5 Å². The smallest absolute Gasteiger partial charge is 0.291 e. The van der Waals surface area contributed by atoms with Gasteiger partial charge in [0.1, 0.15) is 0 Å².